The largest absolute Gasteiger partial charge is 0.497 e. The van der Waals surface area contributed by atoms with Crippen LogP contribution >= 0.6 is 0 Å². The summed E-state index contributed by atoms with van der Waals surface area (Å²) in [6.07, 6.45) is 5.56. The zero-order chi connectivity index (χ0) is 22.1. The molecular formula is C24H28N4O4. The van der Waals surface area contributed by atoms with Gasteiger partial charge in [0.25, 0.3) is 5.91 Å². The highest BCUT2D eigenvalue weighted by molar-refractivity contribution is 5.95. The van der Waals surface area contributed by atoms with Crippen molar-refractivity contribution >= 4 is 17.1 Å². The molecule has 0 bridgehead atoms. The molecule has 0 aliphatic carbocycles. The number of carbonyl (C=O) groups is 1. The fraction of sp³-hybridized carbons (Fsp3) is 0.458. The van der Waals surface area contributed by atoms with Crippen molar-refractivity contribution in [3.63, 3.8) is 0 Å². The third-order valence-electron chi connectivity index (χ3n) is 6.41. The summed E-state index contributed by atoms with van der Waals surface area (Å²) in [5, 5.41) is 0. The molecule has 8 nitrogen and oxygen atoms in total. The molecule has 168 valence electrons. The van der Waals surface area contributed by atoms with Gasteiger partial charge in [0.15, 0.2) is 5.65 Å². The Morgan fingerprint density at radius 1 is 1.09 bits per heavy atom. The van der Waals surface area contributed by atoms with Crippen LogP contribution in [-0.2, 0) is 4.74 Å². The maximum atomic E-state index is 13.2. The van der Waals surface area contributed by atoms with Crippen LogP contribution in [0.4, 0.5) is 0 Å². The van der Waals surface area contributed by atoms with Gasteiger partial charge in [0.1, 0.15) is 28.9 Å². The number of hydrogen-bond donors (Lipinski definition) is 0. The third kappa shape index (κ3) is 3.79. The maximum absolute atomic E-state index is 13.2. The summed E-state index contributed by atoms with van der Waals surface area (Å²) in [4.78, 5) is 24.6. The van der Waals surface area contributed by atoms with E-state index >= 15 is 0 Å². The second-order valence-corrected chi connectivity index (χ2v) is 8.31. The van der Waals surface area contributed by atoms with Gasteiger partial charge in [-0.3, -0.25) is 4.79 Å². The molecule has 2 aliphatic heterocycles. The third-order valence-corrected chi connectivity index (χ3v) is 6.41. The van der Waals surface area contributed by atoms with Crippen LogP contribution in [0.5, 0.6) is 11.5 Å². The summed E-state index contributed by atoms with van der Waals surface area (Å²) in [7, 11) is 3.17. The van der Waals surface area contributed by atoms with Gasteiger partial charge in [-0.05, 0) is 49.9 Å². The van der Waals surface area contributed by atoms with Crippen LogP contribution in [0.25, 0.3) is 11.2 Å². The standard InChI is InChI=1S/C24H28N4O4/c1-30-18-13-16(14-19(15-18)31-2)24(29)27-10-7-17(8-11-27)28-22-20(5-3-9-25-22)26-23(28)21-6-4-12-32-21/h3,5,9,13-15,17,21H,4,6-8,10-12H2,1-2H3/t21-/m0/s1. The molecule has 0 spiro atoms. The first kappa shape index (κ1) is 20.8. The lowest BCUT2D eigenvalue weighted by atomic mass is 10.0. The highest BCUT2D eigenvalue weighted by atomic mass is 16.5. The van der Waals surface area contributed by atoms with Gasteiger partial charge in [0.2, 0.25) is 0 Å². The van der Waals surface area contributed by atoms with E-state index in [0.717, 1.165) is 49.3 Å². The van der Waals surface area contributed by atoms with Crippen molar-refractivity contribution in [2.45, 2.75) is 37.8 Å². The number of benzene rings is 1. The van der Waals surface area contributed by atoms with Crippen molar-refractivity contribution in [3.8, 4) is 11.5 Å². The number of pyridine rings is 1. The molecule has 1 aromatic carbocycles. The van der Waals surface area contributed by atoms with Gasteiger partial charge in [-0.15, -0.1) is 0 Å². The smallest absolute Gasteiger partial charge is 0.254 e. The average Bonchev–Trinajstić information content (AvgIpc) is 3.51. The molecule has 32 heavy (non-hydrogen) atoms. The summed E-state index contributed by atoms with van der Waals surface area (Å²) in [6, 6.07) is 9.46. The molecule has 2 aromatic heterocycles. The number of likely N-dealkylation sites (tertiary alicyclic amines) is 1. The normalized spacial score (nSPS) is 19.4. The van der Waals surface area contributed by atoms with E-state index < -0.39 is 0 Å². The lowest BCUT2D eigenvalue weighted by molar-refractivity contribution is 0.0681. The van der Waals surface area contributed by atoms with E-state index in [0.29, 0.717) is 30.2 Å². The Hall–Kier alpha value is -3.13. The van der Waals surface area contributed by atoms with Crippen LogP contribution in [-0.4, -0.2) is 59.3 Å². The number of piperidine rings is 1. The first-order valence-corrected chi connectivity index (χ1v) is 11.1. The second-order valence-electron chi connectivity index (χ2n) is 8.31. The highest BCUT2D eigenvalue weighted by Gasteiger charge is 2.31. The predicted molar refractivity (Wildman–Crippen MR) is 119 cm³/mol. The number of fused-ring (bicyclic) bond motifs is 1. The molecular weight excluding hydrogens is 408 g/mol. The van der Waals surface area contributed by atoms with Crippen molar-refractivity contribution in [1.29, 1.82) is 0 Å². The van der Waals surface area contributed by atoms with Gasteiger partial charge in [-0.25, -0.2) is 9.97 Å². The molecule has 1 atom stereocenters. The van der Waals surface area contributed by atoms with Crippen molar-refractivity contribution < 1.29 is 19.0 Å². The Morgan fingerprint density at radius 2 is 1.84 bits per heavy atom. The zero-order valence-electron chi connectivity index (χ0n) is 18.5. The molecule has 2 aliphatic rings. The average molecular weight is 437 g/mol. The number of nitrogens with zero attached hydrogens (tertiary/aromatic N) is 4. The van der Waals surface area contributed by atoms with Crippen LogP contribution in [0.3, 0.4) is 0 Å². The Bertz CT molecular complexity index is 1090. The zero-order valence-corrected chi connectivity index (χ0v) is 18.5. The van der Waals surface area contributed by atoms with Crippen molar-refractivity contribution in [3.05, 3.63) is 47.9 Å². The minimum absolute atomic E-state index is 0.00591. The lowest BCUT2D eigenvalue weighted by Crippen LogP contribution is -2.39. The molecule has 1 amide bonds. The Kier molecular flexibility index (Phi) is 5.70. The molecule has 0 N–H and O–H groups in total. The summed E-state index contributed by atoms with van der Waals surface area (Å²) in [5.41, 5.74) is 2.38. The van der Waals surface area contributed by atoms with Crippen molar-refractivity contribution in [1.82, 2.24) is 19.4 Å². The van der Waals surface area contributed by atoms with E-state index in [1.54, 1.807) is 32.4 Å². The molecule has 8 heteroatoms. The highest BCUT2D eigenvalue weighted by Crippen LogP contribution is 2.35. The molecule has 2 fully saturated rings. The number of carbonyl (C=O) groups excluding carboxylic acids is 1. The number of hydrogen-bond acceptors (Lipinski definition) is 6. The van der Waals surface area contributed by atoms with Crippen LogP contribution in [0.2, 0.25) is 0 Å². The van der Waals surface area contributed by atoms with Gasteiger partial charge in [0.05, 0.1) is 14.2 Å². The Balaban J connectivity index is 1.37. The van der Waals surface area contributed by atoms with E-state index in [1.165, 1.54) is 0 Å². The Morgan fingerprint density at radius 3 is 2.50 bits per heavy atom. The molecule has 3 aromatic rings. The number of amides is 1. The molecule has 2 saturated heterocycles. The Labute approximate surface area is 187 Å². The first-order chi connectivity index (χ1) is 15.7. The predicted octanol–water partition coefficient (Wildman–Crippen LogP) is 3.78. The summed E-state index contributed by atoms with van der Waals surface area (Å²) >= 11 is 0. The van der Waals surface area contributed by atoms with E-state index in [-0.39, 0.29) is 18.1 Å². The van der Waals surface area contributed by atoms with E-state index in [1.807, 2.05) is 23.2 Å². The fourth-order valence-electron chi connectivity index (χ4n) is 4.76. The van der Waals surface area contributed by atoms with Crippen LogP contribution in [0.1, 0.15) is 54.0 Å². The van der Waals surface area contributed by atoms with Gasteiger partial charge >= 0.3 is 0 Å². The number of aromatic nitrogens is 3. The minimum Gasteiger partial charge on any atom is -0.497 e. The van der Waals surface area contributed by atoms with Crippen LogP contribution in [0.15, 0.2) is 36.5 Å². The number of rotatable bonds is 5. The molecule has 0 radical (unpaired) electrons. The van der Waals surface area contributed by atoms with E-state index in [2.05, 4.69) is 9.55 Å². The van der Waals surface area contributed by atoms with E-state index in [9.17, 15) is 4.79 Å². The van der Waals surface area contributed by atoms with Crippen LogP contribution < -0.4 is 9.47 Å². The van der Waals surface area contributed by atoms with Gasteiger partial charge in [-0.1, -0.05) is 0 Å². The molecule has 0 unspecified atom stereocenters. The number of imidazole rings is 1. The minimum atomic E-state index is -0.00591. The number of ether oxygens (including phenoxy) is 3. The van der Waals surface area contributed by atoms with Gasteiger partial charge < -0.3 is 23.7 Å². The first-order valence-electron chi connectivity index (χ1n) is 11.1. The second kappa shape index (κ2) is 8.78. The lowest BCUT2D eigenvalue weighted by Gasteiger charge is -2.34. The van der Waals surface area contributed by atoms with E-state index in [4.69, 9.17) is 19.2 Å². The molecule has 4 heterocycles. The van der Waals surface area contributed by atoms with Crippen LogP contribution in [0, 0.1) is 0 Å². The fourth-order valence-corrected chi connectivity index (χ4v) is 4.76. The maximum Gasteiger partial charge on any atom is 0.254 e. The summed E-state index contributed by atoms with van der Waals surface area (Å²) in [6.45, 7) is 2.11. The SMILES string of the molecule is COc1cc(OC)cc(C(=O)N2CCC(n3c([C@@H]4CCCO4)nc4cccnc43)CC2)c1. The quantitative estimate of drug-likeness (QED) is 0.606. The summed E-state index contributed by atoms with van der Waals surface area (Å²) < 4.78 is 18.9. The monoisotopic (exact) mass is 436 g/mol. The topological polar surface area (TPSA) is 78.7 Å². The van der Waals surface area contributed by atoms with Gasteiger partial charge in [0, 0.05) is 43.6 Å². The summed E-state index contributed by atoms with van der Waals surface area (Å²) in [5.74, 6) is 2.19. The van der Waals surface area contributed by atoms with Crippen molar-refractivity contribution in [2.24, 2.45) is 0 Å². The van der Waals surface area contributed by atoms with Crippen molar-refractivity contribution in [2.75, 3.05) is 33.9 Å². The molecule has 0 saturated carbocycles. The number of methoxy groups -OCH3 is 2. The van der Waals surface area contributed by atoms with Gasteiger partial charge in [-0.2, -0.15) is 0 Å². The molecule has 5 rings (SSSR count).